The molecule has 28 heavy (non-hydrogen) atoms. The summed E-state index contributed by atoms with van der Waals surface area (Å²) in [5.41, 5.74) is 1.20. The predicted molar refractivity (Wildman–Crippen MR) is 104 cm³/mol. The Morgan fingerprint density at radius 2 is 1.93 bits per heavy atom. The second-order valence-corrected chi connectivity index (χ2v) is 8.76. The molecule has 1 N–H and O–H groups in total. The SMILES string of the molecule is CCC(=O)Nc1ccc(S(=O)(=O)N2CC(OCc3ccc(F)cc3Cl)C2)cc1. The zero-order chi connectivity index (χ0) is 20.3. The van der Waals surface area contributed by atoms with Crippen molar-refractivity contribution in [2.24, 2.45) is 0 Å². The lowest BCUT2D eigenvalue weighted by atomic mass is 10.2. The van der Waals surface area contributed by atoms with Gasteiger partial charge in [-0.15, -0.1) is 0 Å². The third kappa shape index (κ3) is 4.70. The molecule has 1 fully saturated rings. The van der Waals surface area contributed by atoms with Crippen LogP contribution in [0.5, 0.6) is 0 Å². The van der Waals surface area contributed by atoms with Gasteiger partial charge in [-0.1, -0.05) is 24.6 Å². The number of amides is 1. The number of rotatable bonds is 7. The molecule has 6 nitrogen and oxygen atoms in total. The normalized spacial score (nSPS) is 15.2. The summed E-state index contributed by atoms with van der Waals surface area (Å²) in [5.74, 6) is -0.561. The molecular formula is C19H20ClFN2O4S. The smallest absolute Gasteiger partial charge is 0.243 e. The van der Waals surface area contributed by atoms with Crippen molar-refractivity contribution in [3.05, 3.63) is 58.9 Å². The highest BCUT2D eigenvalue weighted by Crippen LogP contribution is 2.26. The van der Waals surface area contributed by atoms with Crippen LogP contribution in [-0.2, 0) is 26.2 Å². The number of halogens is 2. The molecule has 0 radical (unpaired) electrons. The van der Waals surface area contributed by atoms with E-state index in [4.69, 9.17) is 16.3 Å². The van der Waals surface area contributed by atoms with E-state index in [1.54, 1.807) is 25.1 Å². The first kappa shape index (κ1) is 20.7. The van der Waals surface area contributed by atoms with Crippen LogP contribution in [0, 0.1) is 5.82 Å². The van der Waals surface area contributed by atoms with Gasteiger partial charge in [-0.25, -0.2) is 12.8 Å². The topological polar surface area (TPSA) is 75.7 Å². The van der Waals surface area contributed by atoms with Crippen molar-refractivity contribution in [3.63, 3.8) is 0 Å². The largest absolute Gasteiger partial charge is 0.371 e. The summed E-state index contributed by atoms with van der Waals surface area (Å²) in [5, 5.41) is 2.95. The average Bonchev–Trinajstić information content (AvgIpc) is 2.62. The number of nitrogens with zero attached hydrogens (tertiary/aromatic N) is 1. The molecule has 1 heterocycles. The number of hydrogen-bond donors (Lipinski definition) is 1. The zero-order valence-electron chi connectivity index (χ0n) is 15.2. The van der Waals surface area contributed by atoms with Gasteiger partial charge >= 0.3 is 0 Å². The predicted octanol–water partition coefficient (Wildman–Crippen LogP) is 3.42. The summed E-state index contributed by atoms with van der Waals surface area (Å²) in [6.07, 6.45) is 0.0947. The van der Waals surface area contributed by atoms with Crippen LogP contribution in [-0.4, -0.2) is 37.8 Å². The molecular weight excluding hydrogens is 407 g/mol. The molecule has 0 atom stereocenters. The second-order valence-electron chi connectivity index (χ2n) is 6.42. The van der Waals surface area contributed by atoms with Crippen LogP contribution in [0.4, 0.5) is 10.1 Å². The van der Waals surface area contributed by atoms with Crippen LogP contribution >= 0.6 is 11.6 Å². The van der Waals surface area contributed by atoms with Crippen molar-refractivity contribution < 1.29 is 22.3 Å². The number of carbonyl (C=O) groups is 1. The fourth-order valence-electron chi connectivity index (χ4n) is 2.66. The first-order valence-corrected chi connectivity index (χ1v) is 10.6. The summed E-state index contributed by atoms with van der Waals surface area (Å²) in [6, 6.07) is 10.1. The van der Waals surface area contributed by atoms with E-state index in [2.05, 4.69) is 5.32 Å². The monoisotopic (exact) mass is 426 g/mol. The molecule has 9 heteroatoms. The molecule has 0 unspecified atom stereocenters. The van der Waals surface area contributed by atoms with Gasteiger partial charge in [0, 0.05) is 30.2 Å². The first-order valence-electron chi connectivity index (χ1n) is 8.75. The highest BCUT2D eigenvalue weighted by molar-refractivity contribution is 7.89. The van der Waals surface area contributed by atoms with Crippen LogP contribution < -0.4 is 5.32 Å². The molecule has 0 aromatic heterocycles. The summed E-state index contributed by atoms with van der Waals surface area (Å²) >= 11 is 5.96. The van der Waals surface area contributed by atoms with Crippen molar-refractivity contribution >= 4 is 33.2 Å². The Morgan fingerprint density at radius 3 is 2.54 bits per heavy atom. The number of hydrogen-bond acceptors (Lipinski definition) is 4. The zero-order valence-corrected chi connectivity index (χ0v) is 16.8. The fraction of sp³-hybridized carbons (Fsp3) is 0.316. The number of anilines is 1. The van der Waals surface area contributed by atoms with E-state index in [1.165, 1.54) is 28.6 Å². The Kier molecular flexibility index (Phi) is 6.34. The van der Waals surface area contributed by atoms with Crippen molar-refractivity contribution in [1.82, 2.24) is 4.31 Å². The van der Waals surface area contributed by atoms with Gasteiger partial charge < -0.3 is 10.1 Å². The first-order chi connectivity index (χ1) is 13.3. The maximum absolute atomic E-state index is 13.1. The lowest BCUT2D eigenvalue weighted by Gasteiger charge is -2.37. The maximum Gasteiger partial charge on any atom is 0.243 e. The summed E-state index contributed by atoms with van der Waals surface area (Å²) < 4.78 is 45.3. The molecule has 0 aliphatic carbocycles. The van der Waals surface area contributed by atoms with Crippen molar-refractivity contribution in [2.75, 3.05) is 18.4 Å². The van der Waals surface area contributed by atoms with Gasteiger partial charge in [0.25, 0.3) is 0 Å². The minimum Gasteiger partial charge on any atom is -0.371 e. The van der Waals surface area contributed by atoms with E-state index in [0.29, 0.717) is 17.7 Å². The van der Waals surface area contributed by atoms with Gasteiger partial charge in [0.15, 0.2) is 0 Å². The molecule has 1 saturated heterocycles. The highest BCUT2D eigenvalue weighted by Gasteiger charge is 2.37. The maximum atomic E-state index is 13.1. The van der Waals surface area contributed by atoms with Gasteiger partial charge in [-0.2, -0.15) is 4.31 Å². The Morgan fingerprint density at radius 1 is 1.25 bits per heavy atom. The summed E-state index contributed by atoms with van der Waals surface area (Å²) in [6.45, 7) is 2.38. The summed E-state index contributed by atoms with van der Waals surface area (Å²) in [7, 11) is -3.62. The highest BCUT2D eigenvalue weighted by atomic mass is 35.5. The lowest BCUT2D eigenvalue weighted by Crippen LogP contribution is -2.54. The minimum atomic E-state index is -3.62. The molecule has 150 valence electrons. The van der Waals surface area contributed by atoms with Gasteiger partial charge in [-0.05, 0) is 42.0 Å². The summed E-state index contributed by atoms with van der Waals surface area (Å²) in [4.78, 5) is 11.5. The number of nitrogens with one attached hydrogen (secondary N) is 1. The standard InChI is InChI=1S/C19H20ClFN2O4S/c1-2-19(24)22-15-5-7-17(8-6-15)28(25,26)23-10-16(11-23)27-12-13-3-4-14(21)9-18(13)20/h3-9,16H,2,10-12H2,1H3,(H,22,24). The van der Waals surface area contributed by atoms with E-state index in [0.717, 1.165) is 0 Å². The third-order valence-corrected chi connectivity index (χ3v) is 6.60. The van der Waals surface area contributed by atoms with E-state index in [1.807, 2.05) is 0 Å². The van der Waals surface area contributed by atoms with Crippen LogP contribution in [0.3, 0.4) is 0 Å². The van der Waals surface area contributed by atoms with Crippen LogP contribution in [0.25, 0.3) is 0 Å². The van der Waals surface area contributed by atoms with E-state index in [-0.39, 0.29) is 41.6 Å². The fourth-order valence-corrected chi connectivity index (χ4v) is 4.38. The van der Waals surface area contributed by atoms with Gasteiger partial charge in [-0.3, -0.25) is 4.79 Å². The van der Waals surface area contributed by atoms with E-state index in [9.17, 15) is 17.6 Å². The Balaban J connectivity index is 1.54. The molecule has 0 saturated carbocycles. The Hall–Kier alpha value is -2.00. The molecule has 1 aliphatic rings. The quantitative estimate of drug-likeness (QED) is 0.736. The molecule has 0 bridgehead atoms. The molecule has 2 aromatic rings. The van der Waals surface area contributed by atoms with Gasteiger partial charge in [0.1, 0.15) is 5.82 Å². The number of sulfonamides is 1. The van der Waals surface area contributed by atoms with E-state index >= 15 is 0 Å². The van der Waals surface area contributed by atoms with Crippen molar-refractivity contribution in [2.45, 2.75) is 31.0 Å². The number of carbonyl (C=O) groups excluding carboxylic acids is 1. The lowest BCUT2D eigenvalue weighted by molar-refractivity contribution is -0.115. The molecule has 0 spiro atoms. The van der Waals surface area contributed by atoms with Crippen LogP contribution in [0.2, 0.25) is 5.02 Å². The number of ether oxygens (including phenoxy) is 1. The number of benzene rings is 2. The van der Waals surface area contributed by atoms with Crippen LogP contribution in [0.15, 0.2) is 47.4 Å². The van der Waals surface area contributed by atoms with Crippen molar-refractivity contribution in [1.29, 1.82) is 0 Å². The van der Waals surface area contributed by atoms with E-state index < -0.39 is 15.8 Å². The average molecular weight is 427 g/mol. The third-order valence-electron chi connectivity index (χ3n) is 4.40. The molecule has 3 rings (SSSR count). The molecule has 1 aliphatic heterocycles. The minimum absolute atomic E-state index is 0.139. The Labute approximate surface area is 168 Å². The van der Waals surface area contributed by atoms with Crippen molar-refractivity contribution in [3.8, 4) is 0 Å². The molecule has 2 aromatic carbocycles. The Bertz CT molecular complexity index is 960. The van der Waals surface area contributed by atoms with Crippen LogP contribution in [0.1, 0.15) is 18.9 Å². The second kappa shape index (κ2) is 8.57. The molecule has 1 amide bonds. The van der Waals surface area contributed by atoms with Gasteiger partial charge in [0.05, 0.1) is 17.6 Å². The van der Waals surface area contributed by atoms with Gasteiger partial charge in [0.2, 0.25) is 15.9 Å².